The van der Waals surface area contributed by atoms with Gasteiger partial charge in [-0.05, 0) is 81.5 Å². The fourth-order valence-corrected chi connectivity index (χ4v) is 5.67. The van der Waals surface area contributed by atoms with Gasteiger partial charge in [0.05, 0.1) is 11.7 Å². The Morgan fingerprint density at radius 1 is 1.00 bits per heavy atom. The van der Waals surface area contributed by atoms with Crippen LogP contribution in [0.15, 0.2) is 0 Å². The number of aliphatic hydroxyl groups is 1. The molecule has 4 aliphatic carbocycles. The molecule has 0 aromatic heterocycles. The van der Waals surface area contributed by atoms with E-state index in [1.807, 2.05) is 0 Å². The number of ether oxygens (including phenoxy) is 1. The Morgan fingerprint density at radius 2 is 1.67 bits per heavy atom. The van der Waals surface area contributed by atoms with Gasteiger partial charge in [-0.2, -0.15) is 0 Å². The second-order valence-electron chi connectivity index (χ2n) is 7.47. The first-order chi connectivity index (χ1) is 8.74. The first-order valence-electron chi connectivity index (χ1n) is 8.08. The van der Waals surface area contributed by atoms with Crippen LogP contribution in [0.2, 0.25) is 0 Å². The molecule has 102 valence electrons. The van der Waals surface area contributed by atoms with Crippen molar-refractivity contribution in [3.63, 3.8) is 0 Å². The maximum Gasteiger partial charge on any atom is 0.0705 e. The van der Waals surface area contributed by atoms with Crippen LogP contribution >= 0.6 is 0 Å². The fraction of sp³-hybridized carbons (Fsp3) is 1.00. The van der Waals surface area contributed by atoms with E-state index >= 15 is 0 Å². The third-order valence-electron chi connectivity index (χ3n) is 6.44. The summed E-state index contributed by atoms with van der Waals surface area (Å²) in [6.07, 6.45) is 11.7. The van der Waals surface area contributed by atoms with Crippen molar-refractivity contribution in [2.75, 3.05) is 6.61 Å². The minimum Gasteiger partial charge on any atom is -0.389 e. The Hall–Kier alpha value is -0.0800. The molecule has 5 fully saturated rings. The zero-order valence-electron chi connectivity index (χ0n) is 11.3. The molecule has 1 unspecified atom stereocenters. The molecule has 18 heavy (non-hydrogen) atoms. The fourth-order valence-electron chi connectivity index (χ4n) is 5.67. The largest absolute Gasteiger partial charge is 0.389 e. The molecule has 4 bridgehead atoms. The lowest BCUT2D eigenvalue weighted by Crippen LogP contribution is -2.57. The summed E-state index contributed by atoms with van der Waals surface area (Å²) < 4.78 is 5.73. The van der Waals surface area contributed by atoms with Gasteiger partial charge in [0, 0.05) is 6.61 Å². The first kappa shape index (κ1) is 11.7. The van der Waals surface area contributed by atoms with E-state index in [9.17, 15) is 5.11 Å². The summed E-state index contributed by atoms with van der Waals surface area (Å²) in [5, 5.41) is 11.2. The highest BCUT2D eigenvalue weighted by Gasteiger charge is 2.56. The molecule has 0 amide bonds. The summed E-state index contributed by atoms with van der Waals surface area (Å²) in [6, 6.07) is 0. The van der Waals surface area contributed by atoms with Crippen LogP contribution in [-0.2, 0) is 4.74 Å². The van der Waals surface area contributed by atoms with E-state index in [1.165, 1.54) is 44.9 Å². The molecule has 5 aliphatic rings. The molecule has 1 atom stereocenters. The molecule has 2 heteroatoms. The van der Waals surface area contributed by atoms with Gasteiger partial charge in [0.15, 0.2) is 0 Å². The Balaban J connectivity index is 1.45. The summed E-state index contributed by atoms with van der Waals surface area (Å²) in [7, 11) is 0. The molecule has 0 aromatic rings. The van der Waals surface area contributed by atoms with Gasteiger partial charge in [-0.1, -0.05) is 0 Å². The average Bonchev–Trinajstić information content (AvgIpc) is 2.86. The Morgan fingerprint density at radius 3 is 2.22 bits per heavy atom. The van der Waals surface area contributed by atoms with Gasteiger partial charge in [-0.15, -0.1) is 0 Å². The molecule has 0 spiro atoms. The van der Waals surface area contributed by atoms with E-state index in [0.717, 1.165) is 31.3 Å². The van der Waals surface area contributed by atoms with E-state index in [0.29, 0.717) is 17.9 Å². The molecule has 1 saturated heterocycles. The quantitative estimate of drug-likeness (QED) is 0.834. The smallest absolute Gasteiger partial charge is 0.0705 e. The van der Waals surface area contributed by atoms with Crippen molar-refractivity contribution >= 4 is 0 Å². The molecule has 1 heterocycles. The normalized spacial score (nSPS) is 54.2. The van der Waals surface area contributed by atoms with Crippen LogP contribution in [0.3, 0.4) is 0 Å². The highest BCUT2D eigenvalue weighted by molar-refractivity contribution is 5.06. The van der Waals surface area contributed by atoms with Crippen molar-refractivity contribution in [2.24, 2.45) is 23.7 Å². The van der Waals surface area contributed by atoms with E-state index in [4.69, 9.17) is 4.74 Å². The van der Waals surface area contributed by atoms with Crippen molar-refractivity contribution in [2.45, 2.75) is 69.5 Å². The van der Waals surface area contributed by atoms with Crippen LogP contribution in [0.25, 0.3) is 0 Å². The zero-order chi connectivity index (χ0) is 12.2. The van der Waals surface area contributed by atoms with E-state index < -0.39 is 0 Å². The average molecular weight is 250 g/mol. The maximum atomic E-state index is 11.2. The van der Waals surface area contributed by atoms with Crippen LogP contribution in [0.1, 0.15) is 57.8 Å². The summed E-state index contributed by atoms with van der Waals surface area (Å²) in [5.74, 6) is 3.15. The van der Waals surface area contributed by atoms with E-state index in [1.54, 1.807) is 0 Å². The van der Waals surface area contributed by atoms with Crippen LogP contribution < -0.4 is 0 Å². The maximum absolute atomic E-state index is 11.2. The van der Waals surface area contributed by atoms with Crippen LogP contribution in [0.5, 0.6) is 0 Å². The molecule has 0 radical (unpaired) electrons. The van der Waals surface area contributed by atoms with Gasteiger partial charge in [0.1, 0.15) is 0 Å². The molecule has 2 nitrogen and oxygen atoms in total. The van der Waals surface area contributed by atoms with Gasteiger partial charge < -0.3 is 9.84 Å². The van der Waals surface area contributed by atoms with E-state index in [2.05, 4.69) is 0 Å². The minimum absolute atomic E-state index is 0.320. The molecule has 0 aromatic carbocycles. The van der Waals surface area contributed by atoms with Gasteiger partial charge in [-0.3, -0.25) is 0 Å². The number of hydrogen-bond acceptors (Lipinski definition) is 2. The van der Waals surface area contributed by atoms with Gasteiger partial charge in [0.25, 0.3) is 0 Å². The Labute approximate surface area is 110 Å². The third-order valence-corrected chi connectivity index (χ3v) is 6.44. The summed E-state index contributed by atoms with van der Waals surface area (Å²) >= 11 is 0. The summed E-state index contributed by atoms with van der Waals surface area (Å²) in [4.78, 5) is 0. The predicted octanol–water partition coefficient (Wildman–Crippen LogP) is 3.13. The second kappa shape index (κ2) is 4.21. The van der Waals surface area contributed by atoms with E-state index in [-0.39, 0.29) is 5.60 Å². The third kappa shape index (κ3) is 1.76. The molecule has 5 rings (SSSR count). The predicted molar refractivity (Wildman–Crippen MR) is 70.2 cm³/mol. The highest BCUT2D eigenvalue weighted by Crippen LogP contribution is 2.59. The lowest BCUT2D eigenvalue weighted by Gasteiger charge is -2.59. The molecular weight excluding hydrogens is 224 g/mol. The van der Waals surface area contributed by atoms with Crippen molar-refractivity contribution < 1.29 is 9.84 Å². The van der Waals surface area contributed by atoms with Gasteiger partial charge in [-0.25, -0.2) is 0 Å². The molecule has 1 aliphatic heterocycles. The summed E-state index contributed by atoms with van der Waals surface area (Å²) in [6.45, 7) is 0.945. The molecule has 4 saturated carbocycles. The van der Waals surface area contributed by atoms with Crippen molar-refractivity contribution in [1.29, 1.82) is 0 Å². The zero-order valence-corrected chi connectivity index (χ0v) is 11.3. The number of hydrogen-bond donors (Lipinski definition) is 1. The topological polar surface area (TPSA) is 29.5 Å². The SMILES string of the molecule is OC1(CCC2CCCO2)C2CC3CC(C2)CC1C3. The van der Waals surface area contributed by atoms with Gasteiger partial charge >= 0.3 is 0 Å². The first-order valence-corrected chi connectivity index (χ1v) is 8.08. The van der Waals surface area contributed by atoms with Crippen molar-refractivity contribution in [1.82, 2.24) is 0 Å². The standard InChI is InChI=1S/C16H26O2/c17-16(4-3-15-2-1-5-18-15)13-7-11-6-12(9-13)10-14(16)8-11/h11-15,17H,1-10H2. The lowest BCUT2D eigenvalue weighted by molar-refractivity contribution is -0.179. The molecular formula is C16H26O2. The molecule has 1 N–H and O–H groups in total. The minimum atomic E-state index is -0.320. The van der Waals surface area contributed by atoms with Crippen molar-refractivity contribution in [3.05, 3.63) is 0 Å². The number of rotatable bonds is 3. The van der Waals surface area contributed by atoms with Crippen molar-refractivity contribution in [3.8, 4) is 0 Å². The van der Waals surface area contributed by atoms with Crippen LogP contribution in [0.4, 0.5) is 0 Å². The monoisotopic (exact) mass is 250 g/mol. The van der Waals surface area contributed by atoms with Gasteiger partial charge in [0.2, 0.25) is 0 Å². The Bertz CT molecular complexity index is 291. The summed E-state index contributed by atoms with van der Waals surface area (Å²) in [5.41, 5.74) is -0.320. The lowest BCUT2D eigenvalue weighted by atomic mass is 9.49. The second-order valence-corrected chi connectivity index (χ2v) is 7.47. The van der Waals surface area contributed by atoms with Crippen LogP contribution in [0, 0.1) is 23.7 Å². The Kier molecular flexibility index (Phi) is 2.74. The highest BCUT2D eigenvalue weighted by atomic mass is 16.5. The van der Waals surface area contributed by atoms with Crippen LogP contribution in [-0.4, -0.2) is 23.4 Å².